The van der Waals surface area contributed by atoms with Gasteiger partial charge in [-0.25, -0.2) is 23.2 Å². The Kier molecular flexibility index (Phi) is 4.42. The van der Waals surface area contributed by atoms with Crippen molar-refractivity contribution in [3.05, 3.63) is 32.4 Å². The Hall–Kier alpha value is -1.04. The molecule has 20 heavy (non-hydrogen) atoms. The van der Waals surface area contributed by atoms with Crippen LogP contribution in [0, 0.1) is 0 Å². The largest absolute Gasteiger partial charge is 0.478 e. The first-order valence-electron chi connectivity index (χ1n) is 4.82. The minimum atomic E-state index is -3.90. The Balaban J connectivity index is 2.33. The Bertz CT molecular complexity index is 775. The van der Waals surface area contributed by atoms with Crippen LogP contribution in [0.4, 0.5) is 5.82 Å². The second-order valence-electron chi connectivity index (χ2n) is 3.40. The number of sulfonamides is 1. The van der Waals surface area contributed by atoms with Crippen LogP contribution in [0.3, 0.4) is 0 Å². The van der Waals surface area contributed by atoms with Gasteiger partial charge in [-0.1, -0.05) is 0 Å². The summed E-state index contributed by atoms with van der Waals surface area (Å²) in [6.07, 6.45) is 1.33. The van der Waals surface area contributed by atoms with Gasteiger partial charge in [0.25, 0.3) is 10.0 Å². The van der Waals surface area contributed by atoms with E-state index < -0.39 is 16.0 Å². The van der Waals surface area contributed by atoms with E-state index in [1.165, 1.54) is 11.6 Å². The van der Waals surface area contributed by atoms with Crippen molar-refractivity contribution in [3.63, 3.8) is 0 Å². The van der Waals surface area contributed by atoms with Gasteiger partial charge >= 0.3 is 5.97 Å². The first kappa shape index (κ1) is 15.4. The summed E-state index contributed by atoms with van der Waals surface area (Å²) in [6.45, 7) is 0. The highest BCUT2D eigenvalue weighted by atomic mass is 79.9. The van der Waals surface area contributed by atoms with E-state index in [9.17, 15) is 13.2 Å². The molecule has 2 aromatic heterocycles. The van der Waals surface area contributed by atoms with E-state index in [1.54, 1.807) is 0 Å². The zero-order valence-electron chi connectivity index (χ0n) is 9.37. The monoisotopic (exact) mass is 441 g/mol. The van der Waals surface area contributed by atoms with E-state index in [2.05, 4.69) is 46.5 Å². The molecular formula is C9H5Br2N3O4S2. The number of nitrogens with one attached hydrogen (secondary N) is 1. The Morgan fingerprint density at radius 1 is 1.40 bits per heavy atom. The summed E-state index contributed by atoms with van der Waals surface area (Å²) in [5, 5.41) is 10.0. The normalized spacial score (nSPS) is 11.3. The number of nitrogens with zero attached hydrogens (tertiary/aromatic N) is 2. The Morgan fingerprint density at radius 3 is 2.65 bits per heavy atom. The zero-order chi connectivity index (χ0) is 14.9. The molecule has 7 nitrogen and oxygen atoms in total. The van der Waals surface area contributed by atoms with Gasteiger partial charge in [0.15, 0.2) is 10.4 Å². The smallest absolute Gasteiger partial charge is 0.336 e. The molecule has 0 saturated carbocycles. The molecule has 0 aliphatic heterocycles. The highest BCUT2D eigenvalue weighted by molar-refractivity contribution is 9.11. The maximum atomic E-state index is 12.1. The van der Waals surface area contributed by atoms with E-state index in [0.717, 1.165) is 17.4 Å². The van der Waals surface area contributed by atoms with Crippen molar-refractivity contribution >= 4 is 65.0 Å². The van der Waals surface area contributed by atoms with Crippen LogP contribution in [0.15, 0.2) is 31.1 Å². The number of carboxylic acid groups (broad SMARTS) is 1. The van der Waals surface area contributed by atoms with Gasteiger partial charge in [0.2, 0.25) is 0 Å². The molecule has 0 saturated heterocycles. The molecule has 2 aromatic rings. The summed E-state index contributed by atoms with van der Waals surface area (Å²) in [7, 11) is -3.90. The van der Waals surface area contributed by atoms with Gasteiger partial charge < -0.3 is 5.11 Å². The fourth-order valence-corrected chi connectivity index (χ4v) is 4.37. The third-order valence-corrected chi connectivity index (χ3v) is 5.73. The van der Waals surface area contributed by atoms with E-state index in [1.807, 2.05) is 0 Å². The SMILES string of the molecule is O=C(O)c1csc(S(=O)(=O)Nc2ncc(Br)nc2Br)c1. The topological polar surface area (TPSA) is 109 Å². The van der Waals surface area contributed by atoms with Gasteiger partial charge in [0.05, 0.1) is 11.8 Å². The molecule has 11 heteroatoms. The van der Waals surface area contributed by atoms with Gasteiger partial charge in [-0.15, -0.1) is 11.3 Å². The number of hydrogen-bond acceptors (Lipinski definition) is 6. The Labute approximate surface area is 134 Å². The summed E-state index contributed by atoms with van der Waals surface area (Å²) in [6, 6.07) is 1.08. The first-order valence-corrected chi connectivity index (χ1v) is 8.77. The van der Waals surface area contributed by atoms with Gasteiger partial charge in [-0.3, -0.25) is 4.72 Å². The first-order chi connectivity index (χ1) is 9.29. The lowest BCUT2D eigenvalue weighted by Crippen LogP contribution is -2.13. The third kappa shape index (κ3) is 3.34. The third-order valence-electron chi connectivity index (χ3n) is 2.02. The van der Waals surface area contributed by atoms with Crippen LogP contribution in [-0.2, 0) is 10.0 Å². The molecule has 0 aliphatic rings. The minimum absolute atomic E-state index is 0.0125. The number of aromatic carboxylic acids is 1. The summed E-state index contributed by atoms with van der Waals surface area (Å²) < 4.78 is 26.9. The average Bonchev–Trinajstić information content (AvgIpc) is 2.83. The van der Waals surface area contributed by atoms with Gasteiger partial charge in [-0.2, -0.15) is 0 Å². The number of anilines is 1. The quantitative estimate of drug-likeness (QED) is 0.752. The molecule has 2 heterocycles. The molecule has 0 aromatic carbocycles. The molecule has 0 atom stereocenters. The predicted octanol–water partition coefficient (Wildman–Crippen LogP) is 2.56. The summed E-state index contributed by atoms with van der Waals surface area (Å²) in [5.74, 6) is -1.18. The van der Waals surface area contributed by atoms with Gasteiger partial charge in [0, 0.05) is 5.38 Å². The number of carbonyl (C=O) groups is 1. The lowest BCUT2D eigenvalue weighted by atomic mass is 10.4. The van der Waals surface area contributed by atoms with Crippen molar-refractivity contribution in [1.82, 2.24) is 9.97 Å². The van der Waals surface area contributed by atoms with Crippen molar-refractivity contribution in [2.45, 2.75) is 4.21 Å². The highest BCUT2D eigenvalue weighted by Crippen LogP contribution is 2.25. The maximum Gasteiger partial charge on any atom is 0.336 e. The maximum absolute atomic E-state index is 12.1. The van der Waals surface area contributed by atoms with Crippen LogP contribution in [0.2, 0.25) is 0 Å². The number of halogens is 2. The number of hydrogen-bond donors (Lipinski definition) is 2. The molecule has 0 aliphatic carbocycles. The van der Waals surface area contributed by atoms with Crippen molar-refractivity contribution in [3.8, 4) is 0 Å². The number of carboxylic acids is 1. The van der Waals surface area contributed by atoms with E-state index in [-0.39, 0.29) is 20.2 Å². The molecule has 2 rings (SSSR count). The van der Waals surface area contributed by atoms with Crippen LogP contribution < -0.4 is 4.72 Å². The summed E-state index contributed by atoms with van der Waals surface area (Å²) >= 11 is 6.98. The lowest BCUT2D eigenvalue weighted by molar-refractivity contribution is 0.0697. The van der Waals surface area contributed by atoms with Crippen LogP contribution in [0.5, 0.6) is 0 Å². The molecule has 0 spiro atoms. The van der Waals surface area contributed by atoms with Crippen LogP contribution >= 0.6 is 43.2 Å². The standard InChI is InChI=1S/C9H5Br2N3O4S2/c10-5-2-12-8(7(11)13-5)14-20(17,18)6-1-4(3-19-6)9(15)16/h1-3H,(H,12,14)(H,15,16). The van der Waals surface area contributed by atoms with Crippen LogP contribution in [-0.4, -0.2) is 29.5 Å². The molecule has 106 valence electrons. The molecular weight excluding hydrogens is 438 g/mol. The molecule has 2 N–H and O–H groups in total. The number of aromatic nitrogens is 2. The number of rotatable bonds is 4. The predicted molar refractivity (Wildman–Crippen MR) is 79.5 cm³/mol. The van der Waals surface area contributed by atoms with Crippen molar-refractivity contribution in [2.24, 2.45) is 0 Å². The molecule has 0 unspecified atom stereocenters. The van der Waals surface area contributed by atoms with Crippen LogP contribution in [0.1, 0.15) is 10.4 Å². The Morgan fingerprint density at radius 2 is 2.10 bits per heavy atom. The van der Waals surface area contributed by atoms with Gasteiger partial charge in [0.1, 0.15) is 8.81 Å². The molecule has 0 amide bonds. The van der Waals surface area contributed by atoms with Crippen molar-refractivity contribution in [1.29, 1.82) is 0 Å². The van der Waals surface area contributed by atoms with Crippen LogP contribution in [0.25, 0.3) is 0 Å². The average molecular weight is 443 g/mol. The molecule has 0 bridgehead atoms. The fraction of sp³-hybridized carbons (Fsp3) is 0. The van der Waals surface area contributed by atoms with Crippen molar-refractivity contribution in [2.75, 3.05) is 4.72 Å². The van der Waals surface area contributed by atoms with Crippen molar-refractivity contribution < 1.29 is 18.3 Å². The lowest BCUT2D eigenvalue weighted by Gasteiger charge is -2.06. The molecule has 0 fully saturated rings. The minimum Gasteiger partial charge on any atom is -0.478 e. The van der Waals surface area contributed by atoms with E-state index >= 15 is 0 Å². The van der Waals surface area contributed by atoms with E-state index in [0.29, 0.717) is 4.60 Å². The second-order valence-corrected chi connectivity index (χ2v) is 7.78. The fourth-order valence-electron chi connectivity index (χ4n) is 1.16. The van der Waals surface area contributed by atoms with E-state index in [4.69, 9.17) is 5.11 Å². The van der Waals surface area contributed by atoms with Gasteiger partial charge in [-0.05, 0) is 37.9 Å². The second kappa shape index (κ2) is 5.76. The highest BCUT2D eigenvalue weighted by Gasteiger charge is 2.21. The zero-order valence-corrected chi connectivity index (χ0v) is 14.2. The summed E-state index contributed by atoms with van der Waals surface area (Å²) in [4.78, 5) is 18.6. The number of thiophene rings is 1. The summed E-state index contributed by atoms with van der Waals surface area (Å²) in [5.41, 5.74) is -0.0867. The molecule has 0 radical (unpaired) electrons.